The first-order chi connectivity index (χ1) is 12.3. The van der Waals surface area contributed by atoms with Crippen molar-refractivity contribution in [2.24, 2.45) is 5.92 Å². The summed E-state index contributed by atoms with van der Waals surface area (Å²) in [7, 11) is 0. The van der Waals surface area contributed by atoms with Crippen molar-refractivity contribution < 1.29 is 14.3 Å². The third-order valence-corrected chi connectivity index (χ3v) is 4.91. The summed E-state index contributed by atoms with van der Waals surface area (Å²) in [6.45, 7) is 1.81. The van der Waals surface area contributed by atoms with Crippen LogP contribution >= 0.6 is 0 Å². The Labute approximate surface area is 146 Å². The Hall–Kier alpha value is -2.47. The lowest BCUT2D eigenvalue weighted by atomic mass is 10.1. The average molecular weight is 339 g/mol. The summed E-state index contributed by atoms with van der Waals surface area (Å²) < 4.78 is 11.7. The second kappa shape index (κ2) is 7.19. The molecule has 2 fully saturated rings. The third kappa shape index (κ3) is 3.49. The van der Waals surface area contributed by atoms with E-state index in [0.717, 1.165) is 12.8 Å². The van der Waals surface area contributed by atoms with Gasteiger partial charge >= 0.3 is 0 Å². The van der Waals surface area contributed by atoms with E-state index in [2.05, 4.69) is 9.97 Å². The summed E-state index contributed by atoms with van der Waals surface area (Å²) in [5.41, 5.74) is 0.635. The normalized spacial score (nSPS) is 25.4. The van der Waals surface area contributed by atoms with Crippen molar-refractivity contribution in [2.45, 2.75) is 25.0 Å². The topological polar surface area (TPSA) is 64.6 Å². The molecule has 0 aromatic carbocycles. The third-order valence-electron chi connectivity index (χ3n) is 4.91. The number of nitrogens with zero attached hydrogens (tertiary/aromatic N) is 3. The van der Waals surface area contributed by atoms with E-state index >= 15 is 0 Å². The van der Waals surface area contributed by atoms with Crippen LogP contribution in [0, 0.1) is 5.92 Å². The van der Waals surface area contributed by atoms with E-state index in [0.29, 0.717) is 37.1 Å². The molecule has 1 aliphatic carbocycles. The monoisotopic (exact) mass is 339 g/mol. The summed E-state index contributed by atoms with van der Waals surface area (Å²) >= 11 is 0. The second-order valence-electron chi connectivity index (χ2n) is 6.53. The lowest BCUT2D eigenvalue weighted by molar-refractivity contribution is -0.0448. The Morgan fingerprint density at radius 2 is 2.20 bits per heavy atom. The van der Waals surface area contributed by atoms with Gasteiger partial charge in [-0.2, -0.15) is 0 Å². The molecule has 2 aromatic rings. The van der Waals surface area contributed by atoms with Gasteiger partial charge in [-0.1, -0.05) is 6.07 Å². The zero-order valence-corrected chi connectivity index (χ0v) is 14.0. The fourth-order valence-corrected chi connectivity index (χ4v) is 3.73. The molecule has 2 aromatic heterocycles. The number of carbonyl (C=O) groups is 1. The van der Waals surface area contributed by atoms with Gasteiger partial charge in [0.1, 0.15) is 0 Å². The van der Waals surface area contributed by atoms with Gasteiger partial charge in [0.2, 0.25) is 5.88 Å². The van der Waals surface area contributed by atoms with E-state index in [1.165, 1.54) is 0 Å². The molecule has 1 amide bonds. The molecule has 0 spiro atoms. The quantitative estimate of drug-likeness (QED) is 0.854. The number of rotatable bonds is 4. The minimum absolute atomic E-state index is 0.0395. The molecule has 0 N–H and O–H groups in total. The summed E-state index contributed by atoms with van der Waals surface area (Å²) in [5.74, 6) is 1.04. The molecular weight excluding hydrogens is 318 g/mol. The largest absolute Gasteiger partial charge is 0.477 e. The van der Waals surface area contributed by atoms with Gasteiger partial charge in [0.25, 0.3) is 5.91 Å². The highest BCUT2D eigenvalue weighted by Gasteiger charge is 2.43. The van der Waals surface area contributed by atoms with Crippen molar-refractivity contribution in [3.05, 3.63) is 54.5 Å². The lowest BCUT2D eigenvalue weighted by Crippen LogP contribution is -2.51. The number of amides is 1. The number of hydrogen-bond acceptors (Lipinski definition) is 5. The fourth-order valence-electron chi connectivity index (χ4n) is 3.73. The zero-order valence-electron chi connectivity index (χ0n) is 14.0. The zero-order chi connectivity index (χ0) is 17.1. The van der Waals surface area contributed by atoms with Crippen molar-refractivity contribution >= 4 is 5.91 Å². The van der Waals surface area contributed by atoms with Crippen LogP contribution in [-0.4, -0.2) is 52.7 Å². The molecule has 3 heterocycles. The van der Waals surface area contributed by atoms with E-state index < -0.39 is 0 Å². The molecule has 25 heavy (non-hydrogen) atoms. The predicted octanol–water partition coefficient (Wildman–Crippen LogP) is 2.18. The van der Waals surface area contributed by atoms with E-state index in [-0.39, 0.29) is 18.1 Å². The smallest absolute Gasteiger partial charge is 0.255 e. The van der Waals surface area contributed by atoms with Crippen LogP contribution < -0.4 is 4.74 Å². The Morgan fingerprint density at radius 1 is 1.24 bits per heavy atom. The van der Waals surface area contributed by atoms with E-state index in [9.17, 15) is 4.79 Å². The highest BCUT2D eigenvalue weighted by Crippen LogP contribution is 2.35. The van der Waals surface area contributed by atoms with Gasteiger partial charge < -0.3 is 14.4 Å². The van der Waals surface area contributed by atoms with Gasteiger partial charge in [-0.05, 0) is 37.0 Å². The van der Waals surface area contributed by atoms with Gasteiger partial charge in [0, 0.05) is 31.2 Å². The number of fused-ring (bicyclic) bond motifs is 1. The standard InChI is InChI=1S/C19H21N3O3/c23-19(15-4-3-6-20-12-15)22-8-9-24-17-11-14(10-16(17)22)13-25-18-5-1-2-7-21-18/h1-7,12,14,16-17H,8-11,13H2/t14-,16-,17+/m0/s1. The Morgan fingerprint density at radius 3 is 3.00 bits per heavy atom. The first-order valence-electron chi connectivity index (χ1n) is 8.67. The Kier molecular flexibility index (Phi) is 4.61. The first kappa shape index (κ1) is 16.0. The lowest BCUT2D eigenvalue weighted by Gasteiger charge is -2.37. The first-order valence-corrected chi connectivity index (χ1v) is 8.67. The van der Waals surface area contributed by atoms with Crippen LogP contribution in [0.4, 0.5) is 0 Å². The van der Waals surface area contributed by atoms with E-state index in [1.54, 1.807) is 24.7 Å². The van der Waals surface area contributed by atoms with Gasteiger partial charge in [-0.3, -0.25) is 9.78 Å². The van der Waals surface area contributed by atoms with Crippen molar-refractivity contribution in [1.29, 1.82) is 0 Å². The van der Waals surface area contributed by atoms with Crippen LogP contribution in [0.5, 0.6) is 5.88 Å². The average Bonchev–Trinajstić information content (AvgIpc) is 3.10. The molecule has 1 saturated heterocycles. The molecule has 2 aliphatic rings. The molecule has 3 atom stereocenters. The SMILES string of the molecule is O=C(c1cccnc1)N1CCO[C@@H]2C[C@@H](COc3ccccn3)C[C@@H]21. The summed E-state index contributed by atoms with van der Waals surface area (Å²) in [6.07, 6.45) is 6.92. The van der Waals surface area contributed by atoms with Gasteiger partial charge in [-0.25, -0.2) is 4.98 Å². The van der Waals surface area contributed by atoms with E-state index in [4.69, 9.17) is 9.47 Å². The highest BCUT2D eigenvalue weighted by molar-refractivity contribution is 5.94. The molecule has 6 nitrogen and oxygen atoms in total. The number of ether oxygens (including phenoxy) is 2. The van der Waals surface area contributed by atoms with Crippen molar-refractivity contribution in [3.8, 4) is 5.88 Å². The van der Waals surface area contributed by atoms with Crippen LogP contribution in [0.15, 0.2) is 48.9 Å². The number of hydrogen-bond donors (Lipinski definition) is 0. The number of pyridine rings is 2. The molecule has 4 rings (SSSR count). The molecule has 130 valence electrons. The molecule has 6 heteroatoms. The number of morpholine rings is 1. The van der Waals surface area contributed by atoms with Gasteiger partial charge in [0.15, 0.2) is 0 Å². The summed E-state index contributed by atoms with van der Waals surface area (Å²) in [4.78, 5) is 23.0. The summed E-state index contributed by atoms with van der Waals surface area (Å²) in [6, 6.07) is 9.36. The Balaban J connectivity index is 1.41. The van der Waals surface area contributed by atoms with Crippen LogP contribution in [0.25, 0.3) is 0 Å². The maximum absolute atomic E-state index is 12.8. The maximum Gasteiger partial charge on any atom is 0.255 e. The molecule has 1 aliphatic heterocycles. The van der Waals surface area contributed by atoms with Gasteiger partial charge in [0.05, 0.1) is 30.9 Å². The second-order valence-corrected chi connectivity index (χ2v) is 6.53. The van der Waals surface area contributed by atoms with Crippen LogP contribution in [-0.2, 0) is 4.74 Å². The van der Waals surface area contributed by atoms with Gasteiger partial charge in [-0.15, -0.1) is 0 Å². The maximum atomic E-state index is 12.8. The van der Waals surface area contributed by atoms with E-state index in [1.807, 2.05) is 29.2 Å². The number of carbonyl (C=O) groups excluding carboxylic acids is 1. The fraction of sp³-hybridized carbons (Fsp3) is 0.421. The van der Waals surface area contributed by atoms with Crippen molar-refractivity contribution in [2.75, 3.05) is 19.8 Å². The van der Waals surface area contributed by atoms with Crippen molar-refractivity contribution in [3.63, 3.8) is 0 Å². The van der Waals surface area contributed by atoms with Crippen LogP contribution in [0.2, 0.25) is 0 Å². The predicted molar refractivity (Wildman–Crippen MR) is 91.3 cm³/mol. The van der Waals surface area contributed by atoms with Crippen molar-refractivity contribution in [1.82, 2.24) is 14.9 Å². The molecular formula is C19H21N3O3. The molecule has 0 unspecified atom stereocenters. The molecule has 0 radical (unpaired) electrons. The molecule has 1 saturated carbocycles. The highest BCUT2D eigenvalue weighted by atomic mass is 16.5. The Bertz CT molecular complexity index is 710. The molecule has 0 bridgehead atoms. The minimum atomic E-state index is 0.0395. The van der Waals surface area contributed by atoms with Crippen LogP contribution in [0.1, 0.15) is 23.2 Å². The minimum Gasteiger partial charge on any atom is -0.477 e. The summed E-state index contributed by atoms with van der Waals surface area (Å²) in [5, 5.41) is 0. The van der Waals surface area contributed by atoms with Crippen LogP contribution in [0.3, 0.4) is 0 Å². The number of aromatic nitrogens is 2.